The molecule has 0 saturated carbocycles. The Labute approximate surface area is 149 Å². The third kappa shape index (κ3) is 5.49. The standard InChI is InChI=1S/C18H19FN2O3S/c1-12(24-16-6-4-3-5-15(16)19)17(22)20-21-18(23)14-9-7-13(8-10-14)11-25-2/h3-10,12H,11H2,1-2H3,(H,20,22)(H,21,23)/t12-/m0/s1. The molecule has 0 aliphatic rings. The number of ether oxygens (including phenoxy) is 1. The summed E-state index contributed by atoms with van der Waals surface area (Å²) in [5, 5.41) is 0. The molecule has 2 N–H and O–H groups in total. The van der Waals surface area contributed by atoms with Gasteiger partial charge in [0, 0.05) is 11.3 Å². The van der Waals surface area contributed by atoms with E-state index in [9.17, 15) is 14.0 Å². The Morgan fingerprint density at radius 1 is 1.12 bits per heavy atom. The van der Waals surface area contributed by atoms with Crippen LogP contribution in [0, 0.1) is 5.82 Å². The summed E-state index contributed by atoms with van der Waals surface area (Å²) in [7, 11) is 0. The number of halogens is 1. The molecule has 0 fully saturated rings. The number of benzene rings is 2. The van der Waals surface area contributed by atoms with Crippen LogP contribution < -0.4 is 15.6 Å². The Bertz CT molecular complexity index is 737. The van der Waals surface area contributed by atoms with Crippen molar-refractivity contribution in [2.24, 2.45) is 0 Å². The quantitative estimate of drug-likeness (QED) is 0.776. The number of thioether (sulfide) groups is 1. The van der Waals surface area contributed by atoms with E-state index >= 15 is 0 Å². The number of nitrogens with one attached hydrogen (secondary N) is 2. The van der Waals surface area contributed by atoms with Crippen LogP contribution in [0.3, 0.4) is 0 Å². The summed E-state index contributed by atoms with van der Waals surface area (Å²) in [5.74, 6) is -0.751. The van der Waals surface area contributed by atoms with Gasteiger partial charge in [-0.3, -0.25) is 20.4 Å². The summed E-state index contributed by atoms with van der Waals surface area (Å²) in [5.41, 5.74) is 6.12. The van der Waals surface area contributed by atoms with Gasteiger partial charge in [0.05, 0.1) is 0 Å². The Morgan fingerprint density at radius 3 is 2.44 bits per heavy atom. The van der Waals surface area contributed by atoms with Crippen molar-refractivity contribution in [2.45, 2.75) is 18.8 Å². The topological polar surface area (TPSA) is 67.4 Å². The summed E-state index contributed by atoms with van der Waals surface area (Å²) in [6, 6.07) is 12.9. The SMILES string of the molecule is CSCc1ccc(C(=O)NNC(=O)[C@H](C)Oc2ccccc2F)cc1. The molecule has 0 radical (unpaired) electrons. The van der Waals surface area contributed by atoms with Gasteiger partial charge in [-0.05, 0) is 43.0 Å². The number of hydrazine groups is 1. The number of hydrogen-bond acceptors (Lipinski definition) is 4. The van der Waals surface area contributed by atoms with Gasteiger partial charge in [-0.1, -0.05) is 24.3 Å². The van der Waals surface area contributed by atoms with Gasteiger partial charge in [0.25, 0.3) is 11.8 Å². The van der Waals surface area contributed by atoms with E-state index in [1.807, 2.05) is 18.4 Å². The predicted octanol–water partition coefficient (Wildman–Crippen LogP) is 2.92. The number of carbonyl (C=O) groups excluding carboxylic acids is 2. The first-order valence-electron chi connectivity index (χ1n) is 7.60. The fourth-order valence-corrected chi connectivity index (χ4v) is 2.52. The molecule has 2 aromatic carbocycles. The van der Waals surface area contributed by atoms with Crippen LogP contribution >= 0.6 is 11.8 Å². The summed E-state index contributed by atoms with van der Waals surface area (Å²) in [4.78, 5) is 24.0. The normalized spacial score (nSPS) is 11.5. The lowest BCUT2D eigenvalue weighted by molar-refractivity contribution is -0.128. The largest absolute Gasteiger partial charge is 0.478 e. The van der Waals surface area contributed by atoms with Crippen LogP contribution in [0.15, 0.2) is 48.5 Å². The molecule has 0 heterocycles. The van der Waals surface area contributed by atoms with E-state index < -0.39 is 23.7 Å². The first-order chi connectivity index (χ1) is 12.0. The Hall–Kier alpha value is -2.54. The number of rotatable bonds is 6. The Balaban J connectivity index is 1.86. The zero-order valence-electron chi connectivity index (χ0n) is 13.9. The Morgan fingerprint density at radius 2 is 1.80 bits per heavy atom. The third-order valence-electron chi connectivity index (χ3n) is 3.34. The minimum Gasteiger partial charge on any atom is -0.478 e. The molecular formula is C18H19FN2O3S. The van der Waals surface area contributed by atoms with E-state index in [-0.39, 0.29) is 5.75 Å². The average Bonchev–Trinajstić information content (AvgIpc) is 2.62. The second-order valence-corrected chi connectivity index (χ2v) is 6.13. The van der Waals surface area contributed by atoms with Crippen LogP contribution in [0.25, 0.3) is 0 Å². The van der Waals surface area contributed by atoms with E-state index in [1.54, 1.807) is 30.0 Å². The monoisotopic (exact) mass is 362 g/mol. The van der Waals surface area contributed by atoms with Gasteiger partial charge in [0.2, 0.25) is 0 Å². The average molecular weight is 362 g/mol. The van der Waals surface area contributed by atoms with Crippen molar-refractivity contribution in [3.63, 3.8) is 0 Å². The maximum absolute atomic E-state index is 13.5. The maximum Gasteiger partial charge on any atom is 0.279 e. The van der Waals surface area contributed by atoms with Crippen molar-refractivity contribution in [1.82, 2.24) is 10.9 Å². The zero-order valence-corrected chi connectivity index (χ0v) is 14.7. The van der Waals surface area contributed by atoms with Crippen LogP contribution in [0.5, 0.6) is 5.75 Å². The molecule has 5 nitrogen and oxygen atoms in total. The first-order valence-corrected chi connectivity index (χ1v) is 9.00. The highest BCUT2D eigenvalue weighted by atomic mass is 32.2. The molecule has 2 aromatic rings. The van der Waals surface area contributed by atoms with Crippen LogP contribution in [0.1, 0.15) is 22.8 Å². The molecule has 25 heavy (non-hydrogen) atoms. The highest BCUT2D eigenvalue weighted by molar-refractivity contribution is 7.97. The highest BCUT2D eigenvalue weighted by Crippen LogP contribution is 2.17. The van der Waals surface area contributed by atoms with Crippen molar-refractivity contribution >= 4 is 23.6 Å². The predicted molar refractivity (Wildman–Crippen MR) is 95.8 cm³/mol. The summed E-state index contributed by atoms with van der Waals surface area (Å²) < 4.78 is 18.8. The molecular weight excluding hydrogens is 343 g/mol. The number of carbonyl (C=O) groups is 2. The van der Waals surface area contributed by atoms with Gasteiger partial charge in [-0.25, -0.2) is 4.39 Å². The van der Waals surface area contributed by atoms with Crippen LogP contribution in [-0.4, -0.2) is 24.2 Å². The van der Waals surface area contributed by atoms with Crippen molar-refractivity contribution in [2.75, 3.05) is 6.26 Å². The molecule has 0 aromatic heterocycles. The fourth-order valence-electron chi connectivity index (χ4n) is 2.00. The minimum atomic E-state index is -0.971. The van der Waals surface area contributed by atoms with Crippen molar-refractivity contribution in [1.29, 1.82) is 0 Å². The van der Waals surface area contributed by atoms with E-state index in [2.05, 4.69) is 10.9 Å². The first kappa shape index (κ1) is 18.8. The maximum atomic E-state index is 13.5. The van der Waals surface area contributed by atoms with Gasteiger partial charge in [0.1, 0.15) is 0 Å². The molecule has 0 aliphatic carbocycles. The summed E-state index contributed by atoms with van der Waals surface area (Å²) in [6.07, 6.45) is 1.03. The zero-order chi connectivity index (χ0) is 18.2. The molecule has 2 rings (SSSR count). The number of hydrogen-bond donors (Lipinski definition) is 2. The molecule has 132 valence electrons. The van der Waals surface area contributed by atoms with Crippen molar-refractivity contribution < 1.29 is 18.7 Å². The Kier molecular flexibility index (Phi) is 6.82. The van der Waals surface area contributed by atoms with Gasteiger partial charge < -0.3 is 4.74 Å². The smallest absolute Gasteiger partial charge is 0.279 e. The number of para-hydroxylation sites is 1. The van der Waals surface area contributed by atoms with E-state index in [0.717, 1.165) is 11.3 Å². The van der Waals surface area contributed by atoms with Gasteiger partial charge in [-0.2, -0.15) is 11.8 Å². The molecule has 0 spiro atoms. The lowest BCUT2D eigenvalue weighted by Crippen LogP contribution is -2.47. The molecule has 7 heteroatoms. The third-order valence-corrected chi connectivity index (χ3v) is 3.96. The number of amides is 2. The molecule has 0 saturated heterocycles. The molecule has 0 aliphatic heterocycles. The molecule has 2 amide bonds. The van der Waals surface area contributed by atoms with Crippen molar-refractivity contribution in [3.8, 4) is 5.75 Å². The minimum absolute atomic E-state index is 0.0270. The van der Waals surface area contributed by atoms with E-state index in [4.69, 9.17) is 4.74 Å². The molecule has 0 unspecified atom stereocenters. The second kappa shape index (κ2) is 9.08. The molecule has 1 atom stereocenters. The lowest BCUT2D eigenvalue weighted by Gasteiger charge is -2.15. The summed E-state index contributed by atoms with van der Waals surface area (Å²) in [6.45, 7) is 1.46. The van der Waals surface area contributed by atoms with Crippen molar-refractivity contribution in [3.05, 3.63) is 65.5 Å². The van der Waals surface area contributed by atoms with Gasteiger partial charge >= 0.3 is 0 Å². The second-order valence-electron chi connectivity index (χ2n) is 5.26. The van der Waals surface area contributed by atoms with Gasteiger partial charge in [-0.15, -0.1) is 0 Å². The van der Waals surface area contributed by atoms with E-state index in [0.29, 0.717) is 5.56 Å². The summed E-state index contributed by atoms with van der Waals surface area (Å²) >= 11 is 1.69. The van der Waals surface area contributed by atoms with E-state index in [1.165, 1.54) is 25.1 Å². The lowest BCUT2D eigenvalue weighted by atomic mass is 10.1. The molecule has 0 bridgehead atoms. The van der Waals surface area contributed by atoms with Gasteiger partial charge in [0.15, 0.2) is 17.7 Å². The van der Waals surface area contributed by atoms with Crippen LogP contribution in [0.4, 0.5) is 4.39 Å². The van der Waals surface area contributed by atoms with Crippen LogP contribution in [0.2, 0.25) is 0 Å². The highest BCUT2D eigenvalue weighted by Gasteiger charge is 2.17. The fraction of sp³-hybridized carbons (Fsp3) is 0.222. The van der Waals surface area contributed by atoms with Crippen LogP contribution in [-0.2, 0) is 10.5 Å².